The third kappa shape index (κ3) is 12.6. The van der Waals surface area contributed by atoms with Crippen LogP contribution in [0.3, 0.4) is 0 Å². The summed E-state index contributed by atoms with van der Waals surface area (Å²) in [5.41, 5.74) is 3.05. The van der Waals surface area contributed by atoms with Crippen molar-refractivity contribution in [2.24, 2.45) is 4.99 Å². The van der Waals surface area contributed by atoms with Crippen LogP contribution in [0.4, 0.5) is 5.69 Å². The van der Waals surface area contributed by atoms with E-state index < -0.39 is 4.92 Å². The maximum atomic E-state index is 11.2. The standard InChI is InChI=1S/C29H42N4O4/c1-4-15-31(16-5-2)17-6-7-18-32(19-20-37-25(3)34)24-27-13-11-26(12-14-27)22-30-23-28-9-8-10-29(21-28)33(35)36/h8-14,21,23H,4-7,15-20,22,24H2,1-3H3. The molecule has 8 heteroatoms. The first-order chi connectivity index (χ1) is 17.9. The van der Waals surface area contributed by atoms with Crippen LogP contribution in [0.2, 0.25) is 0 Å². The van der Waals surface area contributed by atoms with Gasteiger partial charge in [0, 0.05) is 38.4 Å². The summed E-state index contributed by atoms with van der Waals surface area (Å²) in [6, 6.07) is 14.8. The molecule has 0 bridgehead atoms. The Morgan fingerprint density at radius 1 is 0.946 bits per heavy atom. The molecule has 0 N–H and O–H groups in total. The van der Waals surface area contributed by atoms with E-state index in [4.69, 9.17) is 4.74 Å². The van der Waals surface area contributed by atoms with Gasteiger partial charge in [0.15, 0.2) is 0 Å². The average Bonchev–Trinajstić information content (AvgIpc) is 2.87. The normalized spacial score (nSPS) is 11.5. The quantitative estimate of drug-likeness (QED) is 0.0867. The van der Waals surface area contributed by atoms with Crippen molar-refractivity contribution in [3.8, 4) is 0 Å². The number of hydrogen-bond donors (Lipinski definition) is 0. The molecule has 0 atom stereocenters. The van der Waals surface area contributed by atoms with E-state index in [2.05, 4.69) is 52.9 Å². The van der Waals surface area contributed by atoms with E-state index in [-0.39, 0.29) is 11.7 Å². The smallest absolute Gasteiger partial charge is 0.302 e. The first kappa shape index (κ1) is 30.1. The van der Waals surface area contributed by atoms with Gasteiger partial charge in [-0.15, -0.1) is 0 Å². The molecule has 2 aromatic carbocycles. The Balaban J connectivity index is 1.88. The van der Waals surface area contributed by atoms with Gasteiger partial charge >= 0.3 is 5.97 Å². The van der Waals surface area contributed by atoms with Gasteiger partial charge in [-0.05, 0) is 68.6 Å². The van der Waals surface area contributed by atoms with E-state index in [1.54, 1.807) is 18.3 Å². The monoisotopic (exact) mass is 510 g/mol. The van der Waals surface area contributed by atoms with Crippen LogP contribution in [0.15, 0.2) is 53.5 Å². The van der Waals surface area contributed by atoms with E-state index in [1.807, 2.05) is 0 Å². The Bertz CT molecular complexity index is 972. The van der Waals surface area contributed by atoms with Gasteiger partial charge in [-0.25, -0.2) is 0 Å². The van der Waals surface area contributed by atoms with Crippen LogP contribution >= 0.6 is 0 Å². The molecule has 0 unspecified atom stereocenters. The molecule has 0 saturated carbocycles. The summed E-state index contributed by atoms with van der Waals surface area (Å²) in [6.45, 7) is 12.7. The fourth-order valence-corrected chi connectivity index (χ4v) is 4.21. The number of rotatable bonds is 18. The zero-order valence-corrected chi connectivity index (χ0v) is 22.6. The Morgan fingerprint density at radius 2 is 1.59 bits per heavy atom. The van der Waals surface area contributed by atoms with Crippen LogP contribution < -0.4 is 0 Å². The summed E-state index contributed by atoms with van der Waals surface area (Å²) in [6.07, 6.45) is 6.30. The molecule has 0 heterocycles. The molecule has 0 fully saturated rings. The first-order valence-electron chi connectivity index (χ1n) is 13.3. The lowest BCUT2D eigenvalue weighted by Gasteiger charge is -2.24. The van der Waals surface area contributed by atoms with Gasteiger partial charge in [0.1, 0.15) is 6.61 Å². The topological polar surface area (TPSA) is 88.3 Å². The molecular weight excluding hydrogens is 468 g/mol. The number of ether oxygens (including phenoxy) is 1. The molecule has 0 saturated heterocycles. The fraction of sp³-hybridized carbons (Fsp3) is 0.517. The van der Waals surface area contributed by atoms with Crippen molar-refractivity contribution >= 4 is 17.9 Å². The molecule has 0 aliphatic carbocycles. The van der Waals surface area contributed by atoms with Gasteiger partial charge in [-0.2, -0.15) is 0 Å². The zero-order chi connectivity index (χ0) is 26.9. The minimum Gasteiger partial charge on any atom is -0.465 e. The number of nitro groups is 1. The summed E-state index contributed by atoms with van der Waals surface area (Å²) in [5, 5.41) is 10.9. The number of non-ortho nitro benzene ring substituents is 1. The maximum absolute atomic E-state index is 11.2. The number of benzene rings is 2. The molecule has 8 nitrogen and oxygen atoms in total. The number of nitrogens with zero attached hydrogens (tertiary/aromatic N) is 4. The molecule has 0 aromatic heterocycles. The van der Waals surface area contributed by atoms with Gasteiger partial charge in [0.05, 0.1) is 11.5 Å². The highest BCUT2D eigenvalue weighted by atomic mass is 16.6. The number of esters is 1. The summed E-state index contributed by atoms with van der Waals surface area (Å²) in [4.78, 5) is 31.1. The molecule has 2 rings (SSSR count). The van der Waals surface area contributed by atoms with E-state index in [9.17, 15) is 14.9 Å². The highest BCUT2D eigenvalue weighted by Gasteiger charge is 2.09. The Kier molecular flexibility index (Phi) is 14.1. The summed E-state index contributed by atoms with van der Waals surface area (Å²) < 4.78 is 5.20. The lowest BCUT2D eigenvalue weighted by molar-refractivity contribution is -0.384. The third-order valence-electron chi connectivity index (χ3n) is 6.02. The highest BCUT2D eigenvalue weighted by Crippen LogP contribution is 2.13. The predicted molar refractivity (Wildman–Crippen MR) is 149 cm³/mol. The Hall–Kier alpha value is -3.10. The molecule has 0 aliphatic rings. The average molecular weight is 511 g/mol. The Labute approximate surface area is 221 Å². The number of aliphatic imine (C=N–C) groups is 1. The molecule has 37 heavy (non-hydrogen) atoms. The minimum absolute atomic E-state index is 0.0609. The lowest BCUT2D eigenvalue weighted by Crippen LogP contribution is -2.30. The van der Waals surface area contributed by atoms with Crippen molar-refractivity contribution in [1.29, 1.82) is 0 Å². The van der Waals surface area contributed by atoms with Gasteiger partial charge in [0.2, 0.25) is 0 Å². The second-order valence-electron chi connectivity index (χ2n) is 9.30. The lowest BCUT2D eigenvalue weighted by atomic mass is 10.1. The largest absolute Gasteiger partial charge is 0.465 e. The van der Waals surface area contributed by atoms with Crippen LogP contribution in [0, 0.1) is 10.1 Å². The van der Waals surface area contributed by atoms with E-state index >= 15 is 0 Å². The first-order valence-corrected chi connectivity index (χ1v) is 13.3. The van der Waals surface area contributed by atoms with Crippen molar-refractivity contribution in [2.45, 2.75) is 59.5 Å². The fourth-order valence-electron chi connectivity index (χ4n) is 4.21. The zero-order valence-electron chi connectivity index (χ0n) is 22.6. The van der Waals surface area contributed by atoms with E-state index in [0.29, 0.717) is 25.3 Å². The van der Waals surface area contributed by atoms with Crippen molar-refractivity contribution < 1.29 is 14.5 Å². The van der Waals surface area contributed by atoms with Crippen LogP contribution in [-0.2, 0) is 22.6 Å². The highest BCUT2D eigenvalue weighted by molar-refractivity contribution is 5.80. The van der Waals surface area contributed by atoms with Crippen LogP contribution in [0.25, 0.3) is 0 Å². The number of unbranched alkanes of at least 4 members (excludes halogenated alkanes) is 1. The third-order valence-corrected chi connectivity index (χ3v) is 6.02. The minimum atomic E-state index is -0.404. The predicted octanol–water partition coefficient (Wildman–Crippen LogP) is 5.48. The number of carbonyl (C=O) groups is 1. The van der Waals surface area contributed by atoms with Gasteiger partial charge in [-0.3, -0.25) is 24.8 Å². The van der Waals surface area contributed by atoms with Crippen molar-refractivity contribution in [3.63, 3.8) is 0 Å². The summed E-state index contributed by atoms with van der Waals surface area (Å²) in [5.74, 6) is -0.246. The molecule has 0 aliphatic heterocycles. The van der Waals surface area contributed by atoms with Gasteiger partial charge < -0.3 is 9.64 Å². The number of nitro benzene ring substituents is 1. The SMILES string of the molecule is CCCN(CCC)CCCCN(CCOC(C)=O)Cc1ccc(CN=Cc2cccc([N+](=O)[O-])c2)cc1. The maximum Gasteiger partial charge on any atom is 0.302 e. The van der Waals surface area contributed by atoms with Crippen LogP contribution in [-0.4, -0.2) is 66.2 Å². The summed E-state index contributed by atoms with van der Waals surface area (Å²) >= 11 is 0. The molecule has 0 amide bonds. The van der Waals surface area contributed by atoms with E-state index in [0.717, 1.165) is 51.1 Å². The second kappa shape index (κ2) is 17.4. The Morgan fingerprint density at radius 3 is 2.22 bits per heavy atom. The van der Waals surface area contributed by atoms with Crippen molar-refractivity contribution in [2.75, 3.05) is 39.3 Å². The molecule has 0 spiro atoms. The number of carbonyl (C=O) groups excluding carboxylic acids is 1. The number of hydrogen-bond acceptors (Lipinski definition) is 7. The molecule has 2 aromatic rings. The van der Waals surface area contributed by atoms with Crippen LogP contribution in [0.5, 0.6) is 0 Å². The van der Waals surface area contributed by atoms with Gasteiger partial charge in [0.25, 0.3) is 5.69 Å². The summed E-state index contributed by atoms with van der Waals surface area (Å²) in [7, 11) is 0. The van der Waals surface area contributed by atoms with E-state index in [1.165, 1.54) is 37.5 Å². The molecular formula is C29H42N4O4. The second-order valence-corrected chi connectivity index (χ2v) is 9.30. The van der Waals surface area contributed by atoms with Crippen molar-refractivity contribution in [3.05, 3.63) is 75.3 Å². The van der Waals surface area contributed by atoms with Crippen LogP contribution in [0.1, 0.15) is 63.1 Å². The molecule has 202 valence electrons. The van der Waals surface area contributed by atoms with Crippen molar-refractivity contribution in [1.82, 2.24) is 9.80 Å². The molecule has 0 radical (unpaired) electrons. The van der Waals surface area contributed by atoms with Gasteiger partial charge in [-0.1, -0.05) is 50.2 Å².